The highest BCUT2D eigenvalue weighted by molar-refractivity contribution is 5.94. The third kappa shape index (κ3) is 4.56. The summed E-state index contributed by atoms with van der Waals surface area (Å²) in [6.45, 7) is -1.27. The third-order valence-electron chi connectivity index (χ3n) is 5.33. The Labute approximate surface area is 184 Å². The van der Waals surface area contributed by atoms with Crippen molar-refractivity contribution in [3.8, 4) is 0 Å². The first-order valence-corrected chi connectivity index (χ1v) is 9.87. The molecule has 1 fully saturated rings. The van der Waals surface area contributed by atoms with Gasteiger partial charge in [-0.25, -0.2) is 14.4 Å². The molecule has 1 saturated heterocycles. The summed E-state index contributed by atoms with van der Waals surface area (Å²) >= 11 is 0. The van der Waals surface area contributed by atoms with Crippen LogP contribution in [0.4, 0.5) is 23.5 Å². The lowest BCUT2D eigenvalue weighted by Gasteiger charge is -2.38. The van der Waals surface area contributed by atoms with Crippen molar-refractivity contribution in [3.05, 3.63) is 47.7 Å². The van der Waals surface area contributed by atoms with Crippen LogP contribution in [0.25, 0.3) is 10.9 Å². The van der Waals surface area contributed by atoms with Crippen LogP contribution in [0.1, 0.15) is 22.1 Å². The van der Waals surface area contributed by atoms with E-state index in [1.54, 1.807) is 24.3 Å². The Kier molecular flexibility index (Phi) is 5.64. The smallest absolute Gasteiger partial charge is 0.368 e. The molecule has 174 valence electrons. The summed E-state index contributed by atoms with van der Waals surface area (Å²) in [7, 11) is 1.08. The number of carbonyl (C=O) groups is 2. The molecule has 0 saturated carbocycles. The van der Waals surface area contributed by atoms with Gasteiger partial charge >= 0.3 is 6.18 Å². The van der Waals surface area contributed by atoms with E-state index in [2.05, 4.69) is 15.1 Å². The van der Waals surface area contributed by atoms with Crippen molar-refractivity contribution in [1.82, 2.24) is 29.5 Å². The molecule has 1 aliphatic heterocycles. The van der Waals surface area contributed by atoms with Gasteiger partial charge in [0, 0.05) is 31.4 Å². The highest BCUT2D eigenvalue weighted by Crippen LogP contribution is 2.33. The number of halogens is 4. The monoisotopic (exact) mass is 465 g/mol. The Morgan fingerprint density at radius 1 is 1.24 bits per heavy atom. The summed E-state index contributed by atoms with van der Waals surface area (Å²) in [5.41, 5.74) is 6.20. The number of alkyl halides is 3. The molecule has 33 heavy (non-hydrogen) atoms. The average Bonchev–Trinajstić information content (AvgIpc) is 3.05. The van der Waals surface area contributed by atoms with E-state index in [0.29, 0.717) is 16.1 Å². The third-order valence-corrected chi connectivity index (χ3v) is 5.33. The van der Waals surface area contributed by atoms with Gasteiger partial charge in [-0.05, 0) is 6.07 Å². The van der Waals surface area contributed by atoms with Crippen LogP contribution in [-0.2, 0) is 11.3 Å². The van der Waals surface area contributed by atoms with E-state index in [0.717, 1.165) is 18.6 Å². The van der Waals surface area contributed by atoms with E-state index in [1.807, 2.05) is 0 Å². The zero-order chi connectivity index (χ0) is 23.9. The Bertz CT molecular complexity index is 1220. The molecule has 1 aromatic carbocycles. The molecule has 2 aromatic heterocycles. The van der Waals surface area contributed by atoms with E-state index < -0.39 is 36.0 Å². The Hall–Kier alpha value is -3.77. The van der Waals surface area contributed by atoms with Crippen LogP contribution in [0.5, 0.6) is 0 Å². The fraction of sp³-hybridized carbons (Fsp3) is 0.350. The van der Waals surface area contributed by atoms with Gasteiger partial charge in [-0.1, -0.05) is 18.2 Å². The van der Waals surface area contributed by atoms with E-state index in [1.165, 1.54) is 9.58 Å². The molecule has 0 radical (unpaired) electrons. The van der Waals surface area contributed by atoms with Crippen LogP contribution in [0.15, 0.2) is 30.5 Å². The van der Waals surface area contributed by atoms with Crippen LogP contribution >= 0.6 is 0 Å². The number of carbonyl (C=O) groups excluding carboxylic acids is 2. The summed E-state index contributed by atoms with van der Waals surface area (Å²) in [5, 5.41) is 5.18. The maximum absolute atomic E-state index is 13.9. The highest BCUT2D eigenvalue weighted by atomic mass is 19.4. The molecule has 13 heteroatoms. The van der Waals surface area contributed by atoms with Crippen molar-refractivity contribution in [2.75, 3.05) is 32.4 Å². The zero-order valence-corrected chi connectivity index (χ0v) is 17.4. The van der Waals surface area contributed by atoms with E-state index in [9.17, 15) is 27.2 Å². The standard InChI is InChI=1S/C20H19F4N7O2/c1-29(10-20(22,23)24)15(32)9-31-14-5-3-2-4-12(14)16(28-31)11-7-30(8-11)18(33)17-13(21)6-26-19(25)27-17/h2-6,11H,7-10H2,1H3,(H2,25,26,27). The summed E-state index contributed by atoms with van der Waals surface area (Å²) < 4.78 is 53.1. The lowest BCUT2D eigenvalue weighted by atomic mass is 9.93. The molecular weight excluding hydrogens is 446 g/mol. The number of para-hydroxylation sites is 1. The Balaban J connectivity index is 1.51. The lowest BCUT2D eigenvalue weighted by Crippen LogP contribution is -2.49. The molecule has 1 aliphatic rings. The van der Waals surface area contributed by atoms with Crippen LogP contribution in [0.2, 0.25) is 0 Å². The molecule has 0 aliphatic carbocycles. The molecule has 4 rings (SSSR count). The molecule has 0 unspecified atom stereocenters. The topological polar surface area (TPSA) is 110 Å². The summed E-state index contributed by atoms with van der Waals surface area (Å²) in [6.07, 6.45) is -3.67. The number of anilines is 1. The van der Waals surface area contributed by atoms with Crippen molar-refractivity contribution in [1.29, 1.82) is 0 Å². The van der Waals surface area contributed by atoms with Gasteiger partial charge in [0.25, 0.3) is 5.91 Å². The number of likely N-dealkylation sites (N-methyl/N-ethyl adjacent to an activating group) is 1. The number of rotatable bonds is 5. The number of likely N-dealkylation sites (tertiary alicyclic amines) is 1. The second-order valence-electron chi connectivity index (χ2n) is 7.76. The maximum Gasteiger partial charge on any atom is 0.406 e. The Morgan fingerprint density at radius 2 is 1.94 bits per heavy atom. The van der Waals surface area contributed by atoms with Crippen molar-refractivity contribution in [2.24, 2.45) is 0 Å². The Morgan fingerprint density at radius 3 is 2.64 bits per heavy atom. The minimum Gasteiger partial charge on any atom is -0.368 e. The average molecular weight is 465 g/mol. The second-order valence-corrected chi connectivity index (χ2v) is 7.76. The van der Waals surface area contributed by atoms with Gasteiger partial charge in [-0.2, -0.15) is 18.3 Å². The number of nitrogen functional groups attached to an aromatic ring is 1. The fourth-order valence-corrected chi connectivity index (χ4v) is 3.68. The SMILES string of the molecule is CN(CC(F)(F)F)C(=O)Cn1nc(C2CN(C(=O)c3nc(N)ncc3F)C2)c2ccccc21. The molecular formula is C20H19F4N7O2. The van der Waals surface area contributed by atoms with E-state index in [4.69, 9.17) is 5.73 Å². The summed E-state index contributed by atoms with van der Waals surface area (Å²) in [4.78, 5) is 34.0. The van der Waals surface area contributed by atoms with Gasteiger partial charge in [0.15, 0.2) is 11.5 Å². The number of benzene rings is 1. The number of nitrogens with zero attached hydrogens (tertiary/aromatic N) is 6. The fourth-order valence-electron chi connectivity index (χ4n) is 3.68. The number of hydrogen-bond acceptors (Lipinski definition) is 6. The number of amides is 2. The minimum atomic E-state index is -4.50. The quantitative estimate of drug-likeness (QED) is 0.576. The van der Waals surface area contributed by atoms with Gasteiger partial charge in [-0.3, -0.25) is 14.3 Å². The second kappa shape index (κ2) is 8.30. The first kappa shape index (κ1) is 22.4. The normalized spacial score (nSPS) is 14.4. The molecule has 2 N–H and O–H groups in total. The molecule has 2 amide bonds. The van der Waals surface area contributed by atoms with Crippen molar-refractivity contribution < 1.29 is 27.2 Å². The number of aromatic nitrogens is 4. The van der Waals surface area contributed by atoms with Crippen LogP contribution in [-0.4, -0.2) is 74.2 Å². The number of nitrogens with two attached hydrogens (primary N) is 1. The van der Waals surface area contributed by atoms with Gasteiger partial charge in [-0.15, -0.1) is 0 Å². The summed E-state index contributed by atoms with van der Waals surface area (Å²) in [5.74, 6) is -2.68. The van der Waals surface area contributed by atoms with Gasteiger partial charge in [0.1, 0.15) is 13.1 Å². The van der Waals surface area contributed by atoms with Crippen LogP contribution in [0, 0.1) is 5.82 Å². The van der Waals surface area contributed by atoms with Crippen molar-refractivity contribution in [3.63, 3.8) is 0 Å². The highest BCUT2D eigenvalue weighted by Gasteiger charge is 2.37. The lowest BCUT2D eigenvalue weighted by molar-refractivity contribution is -0.158. The van der Waals surface area contributed by atoms with E-state index >= 15 is 0 Å². The predicted molar refractivity (Wildman–Crippen MR) is 108 cm³/mol. The predicted octanol–water partition coefficient (Wildman–Crippen LogP) is 1.81. The largest absolute Gasteiger partial charge is 0.406 e. The molecule has 3 aromatic rings. The first-order valence-electron chi connectivity index (χ1n) is 9.87. The molecule has 0 bridgehead atoms. The molecule has 0 spiro atoms. The zero-order valence-electron chi connectivity index (χ0n) is 17.4. The summed E-state index contributed by atoms with van der Waals surface area (Å²) in [6, 6.07) is 7.00. The van der Waals surface area contributed by atoms with Gasteiger partial charge in [0.2, 0.25) is 11.9 Å². The molecule has 0 atom stereocenters. The number of fused-ring (bicyclic) bond motifs is 1. The van der Waals surface area contributed by atoms with E-state index in [-0.39, 0.29) is 31.5 Å². The molecule has 9 nitrogen and oxygen atoms in total. The van der Waals surface area contributed by atoms with Crippen LogP contribution < -0.4 is 5.73 Å². The van der Waals surface area contributed by atoms with Crippen LogP contribution in [0.3, 0.4) is 0 Å². The molecule has 3 heterocycles. The minimum absolute atomic E-state index is 0.203. The first-order chi connectivity index (χ1) is 15.5. The van der Waals surface area contributed by atoms with Crippen molar-refractivity contribution >= 4 is 28.7 Å². The van der Waals surface area contributed by atoms with Gasteiger partial charge < -0.3 is 15.5 Å². The maximum atomic E-state index is 13.9. The number of hydrogen-bond donors (Lipinski definition) is 1. The van der Waals surface area contributed by atoms with Crippen molar-refractivity contribution in [2.45, 2.75) is 18.6 Å². The van der Waals surface area contributed by atoms with Gasteiger partial charge in [0.05, 0.1) is 17.4 Å².